The van der Waals surface area contributed by atoms with Crippen LogP contribution in [0.5, 0.6) is 0 Å². The molecule has 0 aromatic heterocycles. The normalized spacial score (nSPS) is 21.8. The minimum Gasteiger partial charge on any atom is -0.334 e. The standard InChI is InChI=1S/C13H15BrN2S/c14-10-5-1-2-6-11(10)15-12-16-13(9-17-12)7-3-4-8-13/h1-2,5-6H,3-4,7-9H2,(H,15,16). The van der Waals surface area contributed by atoms with Crippen molar-refractivity contribution in [1.29, 1.82) is 0 Å². The SMILES string of the molecule is Brc1ccccc1NC1=NC2(CCCC2)CS1. The van der Waals surface area contributed by atoms with Crippen LogP contribution in [0.25, 0.3) is 0 Å². The summed E-state index contributed by atoms with van der Waals surface area (Å²) in [5.74, 6) is 1.15. The second-order valence-corrected chi connectivity index (χ2v) is 6.56. The van der Waals surface area contributed by atoms with Gasteiger partial charge in [0.05, 0.1) is 11.2 Å². The number of hydrogen-bond donors (Lipinski definition) is 1. The zero-order valence-corrected chi connectivity index (χ0v) is 12.0. The van der Waals surface area contributed by atoms with Gasteiger partial charge >= 0.3 is 0 Å². The summed E-state index contributed by atoms with van der Waals surface area (Å²) in [4.78, 5) is 4.90. The van der Waals surface area contributed by atoms with Crippen molar-refractivity contribution in [2.24, 2.45) is 4.99 Å². The van der Waals surface area contributed by atoms with E-state index in [4.69, 9.17) is 4.99 Å². The van der Waals surface area contributed by atoms with Gasteiger partial charge in [-0.05, 0) is 40.9 Å². The molecule has 0 radical (unpaired) electrons. The molecule has 0 bridgehead atoms. The average Bonchev–Trinajstić information content (AvgIpc) is 2.94. The van der Waals surface area contributed by atoms with Crippen molar-refractivity contribution in [2.45, 2.75) is 31.2 Å². The number of nitrogens with zero attached hydrogens (tertiary/aromatic N) is 1. The van der Waals surface area contributed by atoms with Crippen molar-refractivity contribution < 1.29 is 0 Å². The highest BCUT2D eigenvalue weighted by Crippen LogP contribution is 2.41. The number of anilines is 1. The molecule has 0 atom stereocenters. The average molecular weight is 311 g/mol. The number of amidine groups is 1. The van der Waals surface area contributed by atoms with Crippen LogP contribution in [-0.2, 0) is 0 Å². The maximum Gasteiger partial charge on any atom is 0.161 e. The van der Waals surface area contributed by atoms with Crippen LogP contribution in [0.1, 0.15) is 25.7 Å². The van der Waals surface area contributed by atoms with E-state index >= 15 is 0 Å². The molecule has 1 aromatic carbocycles. The molecule has 1 heterocycles. The van der Waals surface area contributed by atoms with Crippen LogP contribution in [0.3, 0.4) is 0 Å². The Morgan fingerprint density at radius 3 is 2.76 bits per heavy atom. The fourth-order valence-electron chi connectivity index (χ4n) is 2.51. The van der Waals surface area contributed by atoms with E-state index in [9.17, 15) is 0 Å². The third-order valence-corrected chi connectivity index (χ3v) is 5.31. The van der Waals surface area contributed by atoms with Crippen LogP contribution >= 0.6 is 27.7 Å². The molecule has 0 saturated heterocycles. The van der Waals surface area contributed by atoms with E-state index < -0.39 is 0 Å². The molecule has 1 saturated carbocycles. The first-order chi connectivity index (χ1) is 8.27. The lowest BCUT2D eigenvalue weighted by atomic mass is 10.0. The predicted molar refractivity (Wildman–Crippen MR) is 78.9 cm³/mol. The Bertz CT molecular complexity index is 452. The monoisotopic (exact) mass is 310 g/mol. The minimum absolute atomic E-state index is 0.258. The maximum absolute atomic E-state index is 4.90. The zero-order valence-electron chi connectivity index (χ0n) is 9.58. The molecule has 0 unspecified atom stereocenters. The van der Waals surface area contributed by atoms with E-state index in [0.29, 0.717) is 0 Å². The first-order valence-electron chi connectivity index (χ1n) is 6.02. The predicted octanol–water partition coefficient (Wildman–Crippen LogP) is 4.28. The van der Waals surface area contributed by atoms with E-state index in [0.717, 1.165) is 21.1 Å². The van der Waals surface area contributed by atoms with Gasteiger partial charge in [-0.2, -0.15) is 0 Å². The van der Waals surface area contributed by atoms with Crippen molar-refractivity contribution in [3.8, 4) is 0 Å². The summed E-state index contributed by atoms with van der Waals surface area (Å²) >= 11 is 5.41. The van der Waals surface area contributed by atoms with Gasteiger partial charge in [0.1, 0.15) is 0 Å². The molecular formula is C13H15BrN2S. The number of thioether (sulfide) groups is 1. The molecule has 1 aromatic rings. The highest BCUT2D eigenvalue weighted by atomic mass is 79.9. The summed E-state index contributed by atoms with van der Waals surface area (Å²) in [5, 5.41) is 4.51. The van der Waals surface area contributed by atoms with Crippen LogP contribution in [0.4, 0.5) is 5.69 Å². The Morgan fingerprint density at radius 2 is 2.00 bits per heavy atom. The number of nitrogens with one attached hydrogen (secondary N) is 1. The van der Waals surface area contributed by atoms with Gasteiger partial charge in [-0.15, -0.1) is 0 Å². The Balaban J connectivity index is 1.77. The summed E-state index contributed by atoms with van der Waals surface area (Å²) < 4.78 is 1.09. The molecule has 1 N–H and O–H groups in total. The lowest BCUT2D eigenvalue weighted by Crippen LogP contribution is -2.21. The van der Waals surface area contributed by atoms with Crippen LogP contribution in [0.2, 0.25) is 0 Å². The molecule has 90 valence electrons. The van der Waals surface area contributed by atoms with Gasteiger partial charge in [0.2, 0.25) is 0 Å². The molecule has 2 nitrogen and oxygen atoms in total. The minimum atomic E-state index is 0.258. The Morgan fingerprint density at radius 1 is 1.24 bits per heavy atom. The van der Waals surface area contributed by atoms with Gasteiger partial charge in [-0.25, -0.2) is 0 Å². The van der Waals surface area contributed by atoms with E-state index in [1.807, 2.05) is 30.0 Å². The Labute approximate surface area is 114 Å². The molecule has 4 heteroatoms. The number of aliphatic imine (C=N–C) groups is 1. The van der Waals surface area contributed by atoms with Crippen LogP contribution < -0.4 is 5.32 Å². The third-order valence-electron chi connectivity index (χ3n) is 3.47. The highest BCUT2D eigenvalue weighted by Gasteiger charge is 2.38. The van der Waals surface area contributed by atoms with Crippen molar-refractivity contribution in [3.63, 3.8) is 0 Å². The summed E-state index contributed by atoms with van der Waals surface area (Å²) in [5.41, 5.74) is 1.36. The Hall–Kier alpha value is -0.480. The number of hydrogen-bond acceptors (Lipinski definition) is 3. The second kappa shape index (κ2) is 4.65. The summed E-state index contributed by atoms with van der Waals surface area (Å²) in [6, 6.07) is 8.19. The smallest absolute Gasteiger partial charge is 0.161 e. The first-order valence-corrected chi connectivity index (χ1v) is 7.80. The van der Waals surface area contributed by atoms with Gasteiger partial charge in [-0.1, -0.05) is 36.7 Å². The van der Waals surface area contributed by atoms with Crippen LogP contribution in [0, 0.1) is 0 Å². The van der Waals surface area contributed by atoms with E-state index in [-0.39, 0.29) is 5.54 Å². The quantitative estimate of drug-likeness (QED) is 0.837. The second-order valence-electron chi connectivity index (χ2n) is 4.74. The molecule has 1 fully saturated rings. The lowest BCUT2D eigenvalue weighted by molar-refractivity contribution is 0.508. The van der Waals surface area contributed by atoms with Crippen molar-refractivity contribution in [2.75, 3.05) is 11.1 Å². The first kappa shape index (κ1) is 11.6. The number of benzene rings is 1. The van der Waals surface area contributed by atoms with Crippen molar-refractivity contribution >= 4 is 38.5 Å². The van der Waals surface area contributed by atoms with E-state index in [1.165, 1.54) is 25.7 Å². The molecular weight excluding hydrogens is 296 g/mol. The van der Waals surface area contributed by atoms with Gasteiger partial charge < -0.3 is 5.32 Å². The lowest BCUT2D eigenvalue weighted by Gasteiger charge is -2.16. The van der Waals surface area contributed by atoms with Crippen LogP contribution in [0.15, 0.2) is 33.7 Å². The van der Waals surface area contributed by atoms with E-state index in [2.05, 4.69) is 27.3 Å². The molecule has 1 aliphatic heterocycles. The number of para-hydroxylation sites is 1. The maximum atomic E-state index is 4.90. The molecule has 3 rings (SSSR count). The number of halogens is 1. The van der Waals surface area contributed by atoms with Gasteiger partial charge in [0.15, 0.2) is 5.17 Å². The van der Waals surface area contributed by atoms with Gasteiger partial charge in [-0.3, -0.25) is 4.99 Å². The van der Waals surface area contributed by atoms with Gasteiger partial charge in [0, 0.05) is 10.2 Å². The van der Waals surface area contributed by atoms with Crippen molar-refractivity contribution in [1.82, 2.24) is 0 Å². The third kappa shape index (κ3) is 2.38. The Kier molecular flexibility index (Phi) is 3.17. The highest BCUT2D eigenvalue weighted by molar-refractivity contribution is 9.10. The topological polar surface area (TPSA) is 24.4 Å². The largest absolute Gasteiger partial charge is 0.334 e. The van der Waals surface area contributed by atoms with Gasteiger partial charge in [0.25, 0.3) is 0 Å². The van der Waals surface area contributed by atoms with E-state index in [1.54, 1.807) is 0 Å². The zero-order chi connectivity index (χ0) is 11.7. The molecule has 2 aliphatic rings. The summed E-state index contributed by atoms with van der Waals surface area (Å²) in [6.45, 7) is 0. The molecule has 17 heavy (non-hydrogen) atoms. The van der Waals surface area contributed by atoms with Crippen LogP contribution in [-0.4, -0.2) is 16.5 Å². The summed E-state index contributed by atoms with van der Waals surface area (Å²) in [7, 11) is 0. The number of rotatable bonds is 1. The van der Waals surface area contributed by atoms with Crippen molar-refractivity contribution in [3.05, 3.63) is 28.7 Å². The molecule has 0 amide bonds. The summed E-state index contributed by atoms with van der Waals surface area (Å²) in [6.07, 6.45) is 5.21. The fourth-order valence-corrected chi connectivity index (χ4v) is 4.10. The molecule has 1 spiro atoms. The fraction of sp³-hybridized carbons (Fsp3) is 0.462. The molecule has 1 aliphatic carbocycles.